The molecule has 0 heterocycles. The quantitative estimate of drug-likeness (QED) is 0.580. The molecule has 0 aliphatic carbocycles. The number of hydrogen-bond donors (Lipinski definition) is 0. The fraction of sp³-hybridized carbons (Fsp3) is 0.385. The van der Waals surface area contributed by atoms with E-state index in [9.17, 15) is 9.59 Å². The Hall–Kier alpha value is -1.84. The summed E-state index contributed by atoms with van der Waals surface area (Å²) in [5, 5.41) is 0. The number of esters is 1. The number of benzene rings is 1. The van der Waals surface area contributed by atoms with Crippen molar-refractivity contribution in [3.05, 3.63) is 29.3 Å². The third kappa shape index (κ3) is 3.59. The maximum Gasteiger partial charge on any atom is 0.347 e. The third-order valence-corrected chi connectivity index (χ3v) is 2.21. The predicted molar refractivity (Wildman–Crippen MR) is 63.3 cm³/mol. The summed E-state index contributed by atoms with van der Waals surface area (Å²) in [5.74, 6) is -0.0453. The molecule has 1 rings (SSSR count). The summed E-state index contributed by atoms with van der Waals surface area (Å²) >= 11 is 0. The Labute approximate surface area is 101 Å². The molecule has 17 heavy (non-hydrogen) atoms. The molecule has 1 aromatic rings. The van der Waals surface area contributed by atoms with Crippen LogP contribution in [0.4, 0.5) is 0 Å². The lowest BCUT2D eigenvalue weighted by molar-refractivity contribution is -0.150. The van der Waals surface area contributed by atoms with Crippen LogP contribution in [0.3, 0.4) is 0 Å². The van der Waals surface area contributed by atoms with Gasteiger partial charge < -0.3 is 9.47 Å². The van der Waals surface area contributed by atoms with Crippen LogP contribution in [-0.4, -0.2) is 25.0 Å². The van der Waals surface area contributed by atoms with Crippen molar-refractivity contribution in [2.75, 3.05) is 6.61 Å². The SMILES string of the molecule is CCOC(=O)C(C)Oc1ccc(C)cc1C=O. The van der Waals surface area contributed by atoms with Crippen LogP contribution >= 0.6 is 0 Å². The van der Waals surface area contributed by atoms with Gasteiger partial charge in [-0.05, 0) is 32.9 Å². The van der Waals surface area contributed by atoms with E-state index in [-0.39, 0.29) is 0 Å². The van der Waals surface area contributed by atoms with Gasteiger partial charge in [0.05, 0.1) is 12.2 Å². The largest absolute Gasteiger partial charge is 0.478 e. The summed E-state index contributed by atoms with van der Waals surface area (Å²) in [6, 6.07) is 5.20. The van der Waals surface area contributed by atoms with Crippen molar-refractivity contribution in [2.24, 2.45) is 0 Å². The van der Waals surface area contributed by atoms with Crippen LogP contribution in [0.15, 0.2) is 18.2 Å². The van der Waals surface area contributed by atoms with Gasteiger partial charge in [0.1, 0.15) is 5.75 Å². The van der Waals surface area contributed by atoms with Crippen LogP contribution in [0.25, 0.3) is 0 Å². The number of aryl methyl sites for hydroxylation is 1. The summed E-state index contributed by atoms with van der Waals surface area (Å²) < 4.78 is 10.2. The maximum absolute atomic E-state index is 11.4. The molecule has 1 aromatic carbocycles. The second kappa shape index (κ2) is 6.03. The highest BCUT2D eigenvalue weighted by Gasteiger charge is 2.17. The number of ether oxygens (including phenoxy) is 2. The Kier molecular flexibility index (Phi) is 4.69. The normalized spacial score (nSPS) is 11.7. The van der Waals surface area contributed by atoms with Crippen LogP contribution in [0.1, 0.15) is 29.8 Å². The van der Waals surface area contributed by atoms with Crippen LogP contribution in [0.5, 0.6) is 5.75 Å². The van der Waals surface area contributed by atoms with E-state index in [0.29, 0.717) is 24.2 Å². The fourth-order valence-electron chi connectivity index (χ4n) is 1.37. The highest BCUT2D eigenvalue weighted by Crippen LogP contribution is 2.19. The van der Waals surface area contributed by atoms with Crippen molar-refractivity contribution in [1.29, 1.82) is 0 Å². The lowest BCUT2D eigenvalue weighted by Gasteiger charge is -2.14. The lowest BCUT2D eigenvalue weighted by atomic mass is 10.1. The number of carbonyl (C=O) groups excluding carboxylic acids is 2. The Balaban J connectivity index is 2.80. The maximum atomic E-state index is 11.4. The predicted octanol–water partition coefficient (Wildman–Crippen LogP) is 2.14. The van der Waals surface area contributed by atoms with Gasteiger partial charge in [-0.25, -0.2) is 4.79 Å². The molecule has 4 nitrogen and oxygen atoms in total. The van der Waals surface area contributed by atoms with Crippen molar-refractivity contribution in [1.82, 2.24) is 0 Å². The van der Waals surface area contributed by atoms with Crippen LogP contribution in [0, 0.1) is 6.92 Å². The Morgan fingerprint density at radius 3 is 2.76 bits per heavy atom. The summed E-state index contributed by atoms with van der Waals surface area (Å²) in [5.41, 5.74) is 1.39. The fourth-order valence-corrected chi connectivity index (χ4v) is 1.37. The molecular weight excluding hydrogens is 220 g/mol. The standard InChI is InChI=1S/C13H16O4/c1-4-16-13(15)10(3)17-12-6-5-9(2)7-11(12)8-14/h5-8,10H,4H2,1-3H3. The average molecular weight is 236 g/mol. The minimum Gasteiger partial charge on any atom is -0.478 e. The number of aldehydes is 1. The van der Waals surface area contributed by atoms with Gasteiger partial charge in [0, 0.05) is 0 Å². The first-order valence-electron chi connectivity index (χ1n) is 5.47. The molecule has 0 aliphatic rings. The molecular formula is C13H16O4. The van der Waals surface area contributed by atoms with Gasteiger partial charge in [-0.2, -0.15) is 0 Å². The zero-order valence-corrected chi connectivity index (χ0v) is 10.2. The number of rotatable bonds is 5. The molecule has 0 spiro atoms. The van der Waals surface area contributed by atoms with Gasteiger partial charge in [-0.3, -0.25) is 4.79 Å². The molecule has 0 saturated carbocycles. The van der Waals surface area contributed by atoms with Crippen LogP contribution < -0.4 is 4.74 Å². The van der Waals surface area contributed by atoms with E-state index in [0.717, 1.165) is 5.56 Å². The first-order valence-corrected chi connectivity index (χ1v) is 5.47. The van der Waals surface area contributed by atoms with Crippen LogP contribution in [0.2, 0.25) is 0 Å². The van der Waals surface area contributed by atoms with Gasteiger partial charge in [0.15, 0.2) is 12.4 Å². The topological polar surface area (TPSA) is 52.6 Å². The summed E-state index contributed by atoms with van der Waals surface area (Å²) in [7, 11) is 0. The second-order valence-corrected chi connectivity index (χ2v) is 3.67. The molecule has 0 saturated heterocycles. The summed E-state index contributed by atoms with van der Waals surface area (Å²) in [4.78, 5) is 22.2. The molecule has 4 heteroatoms. The van der Waals surface area contributed by atoms with Gasteiger partial charge in [-0.15, -0.1) is 0 Å². The van der Waals surface area contributed by atoms with Crippen molar-refractivity contribution in [3.8, 4) is 5.75 Å². The van der Waals surface area contributed by atoms with E-state index < -0.39 is 12.1 Å². The minimum atomic E-state index is -0.726. The van der Waals surface area contributed by atoms with Gasteiger partial charge in [-0.1, -0.05) is 11.6 Å². The summed E-state index contributed by atoms with van der Waals surface area (Å²) in [6.45, 7) is 5.51. The zero-order valence-electron chi connectivity index (χ0n) is 10.2. The first kappa shape index (κ1) is 13.2. The third-order valence-electron chi connectivity index (χ3n) is 2.21. The van der Waals surface area contributed by atoms with Crippen LogP contribution in [-0.2, 0) is 9.53 Å². The molecule has 0 radical (unpaired) electrons. The molecule has 1 unspecified atom stereocenters. The van der Waals surface area contributed by atoms with Crippen molar-refractivity contribution in [3.63, 3.8) is 0 Å². The monoisotopic (exact) mass is 236 g/mol. The molecule has 92 valence electrons. The van der Waals surface area contributed by atoms with Gasteiger partial charge in [0.2, 0.25) is 0 Å². The van der Waals surface area contributed by atoms with E-state index in [2.05, 4.69) is 0 Å². The molecule has 1 atom stereocenters. The highest BCUT2D eigenvalue weighted by molar-refractivity contribution is 5.80. The molecule has 0 amide bonds. The number of carbonyl (C=O) groups is 2. The van der Waals surface area contributed by atoms with E-state index in [1.54, 1.807) is 26.0 Å². The highest BCUT2D eigenvalue weighted by atomic mass is 16.6. The number of hydrogen-bond acceptors (Lipinski definition) is 4. The Morgan fingerprint density at radius 2 is 2.18 bits per heavy atom. The summed E-state index contributed by atoms with van der Waals surface area (Å²) in [6.07, 6.45) is -0.0171. The molecule has 0 fully saturated rings. The van der Waals surface area contributed by atoms with E-state index >= 15 is 0 Å². The molecule has 0 bridgehead atoms. The van der Waals surface area contributed by atoms with E-state index in [4.69, 9.17) is 9.47 Å². The van der Waals surface area contributed by atoms with Crippen molar-refractivity contribution < 1.29 is 19.1 Å². The van der Waals surface area contributed by atoms with Crippen molar-refractivity contribution in [2.45, 2.75) is 26.9 Å². The second-order valence-electron chi connectivity index (χ2n) is 3.67. The average Bonchev–Trinajstić information content (AvgIpc) is 2.31. The molecule has 0 aliphatic heterocycles. The first-order chi connectivity index (χ1) is 8.08. The Morgan fingerprint density at radius 1 is 1.47 bits per heavy atom. The zero-order chi connectivity index (χ0) is 12.8. The van der Waals surface area contributed by atoms with E-state index in [1.165, 1.54) is 0 Å². The minimum absolute atomic E-state index is 0.307. The van der Waals surface area contributed by atoms with Gasteiger partial charge in [0.25, 0.3) is 0 Å². The lowest BCUT2D eigenvalue weighted by Crippen LogP contribution is -2.26. The van der Waals surface area contributed by atoms with Gasteiger partial charge >= 0.3 is 5.97 Å². The smallest absolute Gasteiger partial charge is 0.347 e. The van der Waals surface area contributed by atoms with Crippen molar-refractivity contribution >= 4 is 12.3 Å². The van der Waals surface area contributed by atoms with E-state index in [1.807, 2.05) is 13.0 Å². The Bertz CT molecular complexity index is 412. The molecule has 0 aromatic heterocycles. The molecule has 0 N–H and O–H groups in total.